The van der Waals surface area contributed by atoms with E-state index < -0.39 is 10.0 Å². The van der Waals surface area contributed by atoms with Crippen molar-refractivity contribution < 1.29 is 17.9 Å². The molecule has 27 heavy (non-hydrogen) atoms. The topological polar surface area (TPSA) is 75.7 Å². The van der Waals surface area contributed by atoms with Crippen molar-refractivity contribution in [3.8, 4) is 5.75 Å². The first-order valence-electron chi connectivity index (χ1n) is 8.98. The van der Waals surface area contributed by atoms with Crippen molar-refractivity contribution in [3.63, 3.8) is 0 Å². The van der Waals surface area contributed by atoms with Gasteiger partial charge in [-0.15, -0.1) is 0 Å². The van der Waals surface area contributed by atoms with E-state index in [0.717, 1.165) is 24.8 Å². The van der Waals surface area contributed by atoms with Crippen LogP contribution in [0.3, 0.4) is 0 Å². The molecule has 6 nitrogen and oxygen atoms in total. The summed E-state index contributed by atoms with van der Waals surface area (Å²) in [6, 6.07) is 11.9. The molecule has 1 aliphatic rings. The molecule has 1 N–H and O–H groups in total. The number of hydrogen-bond acceptors (Lipinski definition) is 4. The number of sulfonamides is 1. The van der Waals surface area contributed by atoms with E-state index in [1.165, 1.54) is 17.5 Å². The van der Waals surface area contributed by atoms with E-state index in [2.05, 4.69) is 5.32 Å². The van der Waals surface area contributed by atoms with Gasteiger partial charge in [-0.25, -0.2) is 8.42 Å². The molecule has 0 unspecified atom stereocenters. The third-order valence-electron chi connectivity index (χ3n) is 4.74. The summed E-state index contributed by atoms with van der Waals surface area (Å²) in [5.41, 5.74) is 1.82. The zero-order valence-corrected chi connectivity index (χ0v) is 16.4. The normalized spacial score (nSPS) is 15.3. The predicted molar refractivity (Wildman–Crippen MR) is 105 cm³/mol. The summed E-state index contributed by atoms with van der Waals surface area (Å²) >= 11 is 0. The van der Waals surface area contributed by atoms with Gasteiger partial charge in [0, 0.05) is 24.3 Å². The molecular formula is C20H24N2O4S. The maximum absolute atomic E-state index is 13.1. The van der Waals surface area contributed by atoms with E-state index in [4.69, 9.17) is 4.74 Å². The number of carbonyl (C=O) groups is 1. The first kappa shape index (κ1) is 19.4. The van der Waals surface area contributed by atoms with Gasteiger partial charge in [0.1, 0.15) is 10.6 Å². The van der Waals surface area contributed by atoms with Gasteiger partial charge >= 0.3 is 0 Å². The summed E-state index contributed by atoms with van der Waals surface area (Å²) in [4.78, 5) is 12.6. The molecule has 0 atom stereocenters. The van der Waals surface area contributed by atoms with Crippen LogP contribution in [-0.4, -0.2) is 38.8 Å². The van der Waals surface area contributed by atoms with Crippen LogP contribution in [0.15, 0.2) is 47.4 Å². The molecule has 2 aromatic carbocycles. The summed E-state index contributed by atoms with van der Waals surface area (Å²) in [6.07, 6.45) is 2.74. The van der Waals surface area contributed by atoms with E-state index in [9.17, 15) is 13.2 Å². The highest BCUT2D eigenvalue weighted by Gasteiger charge is 2.29. The average molecular weight is 388 g/mol. The number of methoxy groups -OCH3 is 1. The van der Waals surface area contributed by atoms with Gasteiger partial charge in [0.15, 0.2) is 0 Å². The molecule has 0 spiro atoms. The lowest BCUT2D eigenvalue weighted by Gasteiger charge is -2.26. The van der Waals surface area contributed by atoms with Crippen LogP contribution < -0.4 is 10.1 Å². The van der Waals surface area contributed by atoms with Crippen molar-refractivity contribution in [2.24, 2.45) is 0 Å². The van der Waals surface area contributed by atoms with Gasteiger partial charge in [-0.05, 0) is 49.6 Å². The van der Waals surface area contributed by atoms with E-state index in [-0.39, 0.29) is 16.6 Å². The minimum Gasteiger partial charge on any atom is -0.495 e. The lowest BCUT2D eigenvalue weighted by atomic mass is 10.1. The maximum atomic E-state index is 13.1. The van der Waals surface area contributed by atoms with Crippen LogP contribution in [0.4, 0.5) is 5.69 Å². The molecule has 1 heterocycles. The number of hydrogen-bond donors (Lipinski definition) is 1. The van der Waals surface area contributed by atoms with Crippen molar-refractivity contribution in [3.05, 3.63) is 53.6 Å². The quantitative estimate of drug-likeness (QED) is 0.851. The number of nitrogens with one attached hydrogen (secondary N) is 1. The number of amides is 1. The van der Waals surface area contributed by atoms with Gasteiger partial charge in [0.25, 0.3) is 5.91 Å². The van der Waals surface area contributed by atoms with Gasteiger partial charge in [-0.3, -0.25) is 4.79 Å². The molecule has 1 amide bonds. The highest BCUT2D eigenvalue weighted by atomic mass is 32.2. The second-order valence-electron chi connectivity index (χ2n) is 6.60. The third kappa shape index (κ3) is 4.14. The monoisotopic (exact) mass is 388 g/mol. The smallest absolute Gasteiger partial charge is 0.255 e. The molecule has 7 heteroatoms. The molecule has 0 radical (unpaired) electrons. The fourth-order valence-corrected chi connectivity index (χ4v) is 4.93. The van der Waals surface area contributed by atoms with Gasteiger partial charge in [-0.2, -0.15) is 4.31 Å². The number of ether oxygens (including phenoxy) is 1. The molecule has 0 bridgehead atoms. The molecule has 144 valence electrons. The summed E-state index contributed by atoms with van der Waals surface area (Å²) in [7, 11) is -2.24. The molecule has 0 aromatic heterocycles. The molecular weight excluding hydrogens is 364 g/mol. The molecule has 0 saturated carbocycles. The fourth-order valence-electron chi connectivity index (χ4n) is 3.23. The Balaban J connectivity index is 1.92. The SMILES string of the molecule is COc1ccc(NC(=O)c2ccccc2C)cc1S(=O)(=O)N1CCCCC1. The van der Waals surface area contributed by atoms with Crippen LogP contribution in [0.2, 0.25) is 0 Å². The lowest BCUT2D eigenvalue weighted by Crippen LogP contribution is -2.35. The Morgan fingerprint density at radius 3 is 2.44 bits per heavy atom. The number of nitrogens with zero attached hydrogens (tertiary/aromatic N) is 1. The van der Waals surface area contributed by atoms with Gasteiger partial charge in [0.2, 0.25) is 10.0 Å². The summed E-state index contributed by atoms with van der Waals surface area (Å²) in [5, 5.41) is 2.79. The van der Waals surface area contributed by atoms with E-state index in [1.807, 2.05) is 19.1 Å². The average Bonchev–Trinajstić information content (AvgIpc) is 2.69. The summed E-state index contributed by atoms with van der Waals surface area (Å²) in [6.45, 7) is 2.87. The standard InChI is InChI=1S/C20H24N2O4S/c1-15-8-4-5-9-17(15)20(23)21-16-10-11-18(26-2)19(14-16)27(24,25)22-12-6-3-7-13-22/h4-5,8-11,14H,3,6-7,12-13H2,1-2H3,(H,21,23). The Labute approximate surface area is 160 Å². The third-order valence-corrected chi connectivity index (χ3v) is 6.66. The Hall–Kier alpha value is -2.38. The minimum atomic E-state index is -3.68. The van der Waals surface area contributed by atoms with Crippen LogP contribution in [0.25, 0.3) is 0 Å². The zero-order valence-electron chi connectivity index (χ0n) is 15.6. The van der Waals surface area contributed by atoms with Crippen molar-refractivity contribution in [2.75, 3.05) is 25.5 Å². The minimum absolute atomic E-state index is 0.0782. The van der Waals surface area contributed by atoms with Crippen LogP contribution >= 0.6 is 0 Å². The maximum Gasteiger partial charge on any atom is 0.255 e. The van der Waals surface area contributed by atoms with Gasteiger partial charge in [0.05, 0.1) is 7.11 Å². The highest BCUT2D eigenvalue weighted by Crippen LogP contribution is 2.31. The number of benzene rings is 2. The molecule has 1 aliphatic heterocycles. The Kier molecular flexibility index (Phi) is 5.82. The Morgan fingerprint density at radius 1 is 1.07 bits per heavy atom. The molecule has 0 aliphatic carbocycles. The van der Waals surface area contributed by atoms with E-state index >= 15 is 0 Å². The lowest BCUT2D eigenvalue weighted by molar-refractivity contribution is 0.102. The first-order chi connectivity index (χ1) is 12.9. The number of carbonyl (C=O) groups excluding carboxylic acids is 1. The second kappa shape index (κ2) is 8.10. The van der Waals surface area contributed by atoms with Crippen molar-refractivity contribution in [2.45, 2.75) is 31.1 Å². The molecule has 2 aromatic rings. The summed E-state index contributed by atoms with van der Waals surface area (Å²) < 4.78 is 32.9. The Morgan fingerprint density at radius 2 is 1.78 bits per heavy atom. The van der Waals surface area contributed by atoms with Crippen molar-refractivity contribution >= 4 is 21.6 Å². The second-order valence-corrected chi connectivity index (χ2v) is 8.51. The highest BCUT2D eigenvalue weighted by molar-refractivity contribution is 7.89. The number of anilines is 1. The fraction of sp³-hybridized carbons (Fsp3) is 0.350. The van der Waals surface area contributed by atoms with Crippen molar-refractivity contribution in [1.82, 2.24) is 4.31 Å². The summed E-state index contributed by atoms with van der Waals surface area (Å²) in [5.74, 6) is -0.00551. The van der Waals surface area contributed by atoms with Crippen molar-refractivity contribution in [1.29, 1.82) is 0 Å². The van der Waals surface area contributed by atoms with Crippen LogP contribution in [0, 0.1) is 6.92 Å². The molecule has 1 fully saturated rings. The largest absolute Gasteiger partial charge is 0.495 e. The Bertz CT molecular complexity index is 935. The number of rotatable bonds is 5. The predicted octanol–water partition coefficient (Wildman–Crippen LogP) is 3.43. The number of aryl methyl sites for hydroxylation is 1. The molecule has 1 saturated heterocycles. The van der Waals surface area contributed by atoms with Gasteiger partial charge < -0.3 is 10.1 Å². The van der Waals surface area contributed by atoms with E-state index in [1.54, 1.807) is 24.3 Å². The first-order valence-corrected chi connectivity index (χ1v) is 10.4. The molecule has 3 rings (SSSR count). The zero-order chi connectivity index (χ0) is 19.4. The number of piperidine rings is 1. The van der Waals surface area contributed by atoms with Crippen LogP contribution in [-0.2, 0) is 10.0 Å². The van der Waals surface area contributed by atoms with Gasteiger partial charge in [-0.1, -0.05) is 24.6 Å². The van der Waals surface area contributed by atoms with E-state index in [0.29, 0.717) is 24.3 Å². The van der Waals surface area contributed by atoms with Crippen LogP contribution in [0.1, 0.15) is 35.2 Å². The van der Waals surface area contributed by atoms with Crippen LogP contribution in [0.5, 0.6) is 5.75 Å².